The monoisotopic (exact) mass is 280 g/mol. The summed E-state index contributed by atoms with van der Waals surface area (Å²) in [5.74, 6) is 0. The molecule has 1 N–H and O–H groups in total. The lowest BCUT2D eigenvalue weighted by atomic mass is 10.1. The molecule has 1 aromatic carbocycles. The minimum atomic E-state index is 0.333. The molecular weight excluding hydrogens is 268 g/mol. The number of aromatic nitrogens is 2. The molecule has 0 spiro atoms. The molecule has 3 aromatic rings. The molecule has 2 aromatic heterocycles. The molecule has 3 rings (SSSR count). The summed E-state index contributed by atoms with van der Waals surface area (Å²) in [6.07, 6.45) is 0. The molecular formula is C15H12N4S. The van der Waals surface area contributed by atoms with E-state index in [4.69, 9.17) is 0 Å². The molecule has 0 atom stereocenters. The number of nitrogens with one attached hydrogen (secondary N) is 1. The zero-order valence-electron chi connectivity index (χ0n) is 10.9. The highest BCUT2D eigenvalue weighted by molar-refractivity contribution is 7.09. The van der Waals surface area contributed by atoms with Gasteiger partial charge in [0.2, 0.25) is 0 Å². The van der Waals surface area contributed by atoms with E-state index < -0.39 is 0 Å². The fourth-order valence-electron chi connectivity index (χ4n) is 2.06. The van der Waals surface area contributed by atoms with Gasteiger partial charge in [0.15, 0.2) is 5.69 Å². The molecule has 0 radical (unpaired) electrons. The van der Waals surface area contributed by atoms with Gasteiger partial charge in [-0.15, -0.1) is 21.5 Å². The Kier molecular flexibility index (Phi) is 3.32. The van der Waals surface area contributed by atoms with Crippen LogP contribution in [-0.4, -0.2) is 10.2 Å². The Morgan fingerprint density at radius 3 is 2.95 bits per heavy atom. The van der Waals surface area contributed by atoms with Crippen LogP contribution in [0.4, 0.5) is 5.69 Å². The second-order valence-electron chi connectivity index (χ2n) is 4.49. The standard InChI is InChI=1S/C15H12N4S/c1-10-4-5-13-12(7-10)15(14(8-16)19-18-13)17-9-11-3-2-6-20-11/h2-7H,9H2,1H3,(H,17,18). The summed E-state index contributed by atoms with van der Waals surface area (Å²) >= 11 is 1.68. The summed E-state index contributed by atoms with van der Waals surface area (Å²) in [7, 11) is 0. The Morgan fingerprint density at radius 2 is 2.20 bits per heavy atom. The maximum atomic E-state index is 9.21. The van der Waals surface area contributed by atoms with Crippen molar-refractivity contribution in [2.45, 2.75) is 13.5 Å². The first kappa shape index (κ1) is 12.6. The molecule has 0 fully saturated rings. The minimum absolute atomic E-state index is 0.333. The van der Waals surface area contributed by atoms with Gasteiger partial charge in [-0.2, -0.15) is 5.26 Å². The third-order valence-electron chi connectivity index (χ3n) is 3.04. The van der Waals surface area contributed by atoms with Gasteiger partial charge in [0.25, 0.3) is 0 Å². The van der Waals surface area contributed by atoms with E-state index in [0.717, 1.165) is 22.2 Å². The van der Waals surface area contributed by atoms with Crippen LogP contribution in [0.1, 0.15) is 16.1 Å². The zero-order valence-corrected chi connectivity index (χ0v) is 11.7. The number of fused-ring (bicyclic) bond motifs is 1. The lowest BCUT2D eigenvalue weighted by Crippen LogP contribution is -2.04. The van der Waals surface area contributed by atoms with Crippen molar-refractivity contribution < 1.29 is 0 Å². The molecule has 0 saturated heterocycles. The Bertz CT molecular complexity index is 787. The normalized spacial score (nSPS) is 10.4. The van der Waals surface area contributed by atoms with Gasteiger partial charge in [-0.3, -0.25) is 0 Å². The Labute approximate surface area is 120 Å². The highest BCUT2D eigenvalue weighted by Crippen LogP contribution is 2.26. The average molecular weight is 280 g/mol. The van der Waals surface area contributed by atoms with Gasteiger partial charge in [0.1, 0.15) is 6.07 Å². The van der Waals surface area contributed by atoms with Crippen LogP contribution in [0.25, 0.3) is 10.9 Å². The van der Waals surface area contributed by atoms with E-state index in [1.807, 2.05) is 36.6 Å². The van der Waals surface area contributed by atoms with Crippen molar-refractivity contribution in [2.75, 3.05) is 5.32 Å². The molecule has 0 aliphatic carbocycles. The number of anilines is 1. The molecule has 5 heteroatoms. The van der Waals surface area contributed by atoms with Gasteiger partial charge < -0.3 is 5.32 Å². The van der Waals surface area contributed by atoms with Crippen molar-refractivity contribution in [3.8, 4) is 6.07 Å². The van der Waals surface area contributed by atoms with Gasteiger partial charge in [-0.1, -0.05) is 17.7 Å². The van der Waals surface area contributed by atoms with E-state index in [-0.39, 0.29) is 0 Å². The van der Waals surface area contributed by atoms with E-state index in [0.29, 0.717) is 12.2 Å². The van der Waals surface area contributed by atoms with Crippen molar-refractivity contribution in [3.63, 3.8) is 0 Å². The van der Waals surface area contributed by atoms with Crippen LogP contribution in [0.5, 0.6) is 0 Å². The van der Waals surface area contributed by atoms with Gasteiger partial charge in [-0.05, 0) is 30.5 Å². The van der Waals surface area contributed by atoms with E-state index >= 15 is 0 Å². The number of aryl methyl sites for hydroxylation is 1. The Hall–Kier alpha value is -2.45. The third-order valence-corrected chi connectivity index (χ3v) is 3.92. The summed E-state index contributed by atoms with van der Waals surface area (Å²) < 4.78 is 0. The molecule has 4 nitrogen and oxygen atoms in total. The first-order chi connectivity index (χ1) is 9.78. The van der Waals surface area contributed by atoms with Gasteiger partial charge in [0.05, 0.1) is 11.2 Å². The highest BCUT2D eigenvalue weighted by atomic mass is 32.1. The number of benzene rings is 1. The van der Waals surface area contributed by atoms with Crippen molar-refractivity contribution in [1.82, 2.24) is 10.2 Å². The van der Waals surface area contributed by atoms with Crippen LogP contribution in [0.15, 0.2) is 35.7 Å². The first-order valence-electron chi connectivity index (χ1n) is 6.21. The molecule has 20 heavy (non-hydrogen) atoms. The fourth-order valence-corrected chi connectivity index (χ4v) is 2.71. The van der Waals surface area contributed by atoms with Crippen molar-refractivity contribution >= 4 is 27.9 Å². The second kappa shape index (κ2) is 5.27. The minimum Gasteiger partial charge on any atom is -0.377 e. The fraction of sp³-hybridized carbons (Fsp3) is 0.133. The second-order valence-corrected chi connectivity index (χ2v) is 5.52. The van der Waals surface area contributed by atoms with E-state index in [1.54, 1.807) is 11.3 Å². The van der Waals surface area contributed by atoms with Crippen LogP contribution in [0.2, 0.25) is 0 Å². The quantitative estimate of drug-likeness (QED) is 0.797. The smallest absolute Gasteiger partial charge is 0.186 e. The molecule has 0 bridgehead atoms. The van der Waals surface area contributed by atoms with Gasteiger partial charge >= 0.3 is 0 Å². The Balaban J connectivity index is 2.06. The van der Waals surface area contributed by atoms with Crippen LogP contribution in [0.3, 0.4) is 0 Å². The third kappa shape index (κ3) is 2.33. The van der Waals surface area contributed by atoms with Crippen LogP contribution >= 0.6 is 11.3 Å². The molecule has 98 valence electrons. The average Bonchev–Trinajstić information content (AvgIpc) is 2.97. The number of nitriles is 1. The molecule has 0 aliphatic heterocycles. The summed E-state index contributed by atoms with van der Waals surface area (Å²) in [4.78, 5) is 1.21. The predicted molar refractivity (Wildman–Crippen MR) is 80.6 cm³/mol. The van der Waals surface area contributed by atoms with Crippen molar-refractivity contribution in [3.05, 3.63) is 51.8 Å². The van der Waals surface area contributed by atoms with E-state index in [1.165, 1.54) is 4.88 Å². The molecule has 2 heterocycles. The maximum absolute atomic E-state index is 9.21. The largest absolute Gasteiger partial charge is 0.377 e. The number of nitrogens with zero attached hydrogens (tertiary/aromatic N) is 3. The van der Waals surface area contributed by atoms with E-state index in [9.17, 15) is 5.26 Å². The van der Waals surface area contributed by atoms with Crippen LogP contribution in [0, 0.1) is 18.3 Å². The van der Waals surface area contributed by atoms with E-state index in [2.05, 4.69) is 27.6 Å². The van der Waals surface area contributed by atoms with Crippen LogP contribution in [-0.2, 0) is 6.54 Å². The highest BCUT2D eigenvalue weighted by Gasteiger charge is 2.10. The number of hydrogen-bond acceptors (Lipinski definition) is 5. The molecule has 0 saturated carbocycles. The molecule has 0 amide bonds. The molecule has 0 unspecified atom stereocenters. The SMILES string of the molecule is Cc1ccc2nnc(C#N)c(NCc3cccs3)c2c1. The van der Waals surface area contributed by atoms with Crippen LogP contribution < -0.4 is 5.32 Å². The predicted octanol–water partition coefficient (Wildman–Crippen LogP) is 3.48. The number of thiophene rings is 1. The summed E-state index contributed by atoms with van der Waals surface area (Å²) in [5, 5.41) is 23.6. The Morgan fingerprint density at radius 1 is 1.30 bits per heavy atom. The maximum Gasteiger partial charge on any atom is 0.186 e. The summed E-state index contributed by atoms with van der Waals surface area (Å²) in [6.45, 7) is 2.70. The topological polar surface area (TPSA) is 61.6 Å². The number of hydrogen-bond donors (Lipinski definition) is 1. The summed E-state index contributed by atoms with van der Waals surface area (Å²) in [6, 6.07) is 12.1. The summed E-state index contributed by atoms with van der Waals surface area (Å²) in [5.41, 5.74) is 3.02. The van der Waals surface area contributed by atoms with Crippen molar-refractivity contribution in [1.29, 1.82) is 5.26 Å². The number of rotatable bonds is 3. The van der Waals surface area contributed by atoms with Crippen molar-refractivity contribution in [2.24, 2.45) is 0 Å². The van der Waals surface area contributed by atoms with Gasteiger partial charge in [-0.25, -0.2) is 0 Å². The molecule has 0 aliphatic rings. The first-order valence-corrected chi connectivity index (χ1v) is 7.09. The lowest BCUT2D eigenvalue weighted by molar-refractivity contribution is 1.04. The zero-order chi connectivity index (χ0) is 13.9. The lowest BCUT2D eigenvalue weighted by Gasteiger charge is -2.10. The van der Waals surface area contributed by atoms with Gasteiger partial charge in [0, 0.05) is 16.8 Å².